The summed E-state index contributed by atoms with van der Waals surface area (Å²) in [5.74, 6) is 0.465. The van der Waals surface area contributed by atoms with E-state index in [0.717, 1.165) is 11.6 Å². The number of aromatic nitrogens is 2. The molecule has 1 heterocycles. The molecule has 4 aromatic rings. The van der Waals surface area contributed by atoms with Gasteiger partial charge in [0.15, 0.2) is 5.78 Å². The number of carbonyl (C=O) groups is 1. The van der Waals surface area contributed by atoms with Crippen molar-refractivity contribution >= 4 is 5.78 Å². The van der Waals surface area contributed by atoms with Crippen molar-refractivity contribution in [3.05, 3.63) is 113 Å². The molecule has 0 bridgehead atoms. The molecule has 0 saturated heterocycles. The van der Waals surface area contributed by atoms with E-state index >= 15 is 0 Å². The SMILES string of the molecule is Cc1ccccc1C(=O)Cc1ccn(Cc2ccc(Oc3ccccc3)cc2C(F)(F)F)n1. The molecule has 0 spiro atoms. The normalized spacial score (nSPS) is 11.4. The lowest BCUT2D eigenvalue weighted by atomic mass is 10.0. The zero-order valence-corrected chi connectivity index (χ0v) is 17.8. The molecule has 4 rings (SSSR count). The Morgan fingerprint density at radius 1 is 0.939 bits per heavy atom. The first kappa shape index (κ1) is 22.3. The maximum atomic E-state index is 13.7. The highest BCUT2D eigenvalue weighted by atomic mass is 19.4. The molecule has 33 heavy (non-hydrogen) atoms. The van der Waals surface area contributed by atoms with Crippen LogP contribution in [0.2, 0.25) is 0 Å². The molecule has 0 aliphatic heterocycles. The minimum absolute atomic E-state index is 0.0581. The Morgan fingerprint density at radius 3 is 2.39 bits per heavy atom. The molecule has 0 atom stereocenters. The number of alkyl halides is 3. The molecule has 0 unspecified atom stereocenters. The lowest BCUT2D eigenvalue weighted by molar-refractivity contribution is -0.138. The van der Waals surface area contributed by atoms with Crippen LogP contribution in [0.5, 0.6) is 11.5 Å². The van der Waals surface area contributed by atoms with Crippen LogP contribution in [0.1, 0.15) is 32.7 Å². The van der Waals surface area contributed by atoms with Gasteiger partial charge in [0, 0.05) is 11.8 Å². The number of rotatable bonds is 7. The van der Waals surface area contributed by atoms with E-state index in [9.17, 15) is 18.0 Å². The number of hydrogen-bond acceptors (Lipinski definition) is 3. The van der Waals surface area contributed by atoms with Gasteiger partial charge in [0.05, 0.1) is 24.2 Å². The molecule has 0 aliphatic rings. The van der Waals surface area contributed by atoms with Crippen LogP contribution in [0.25, 0.3) is 0 Å². The molecule has 4 nitrogen and oxygen atoms in total. The number of para-hydroxylation sites is 1. The summed E-state index contributed by atoms with van der Waals surface area (Å²) in [6.07, 6.45) is -2.90. The van der Waals surface area contributed by atoms with Gasteiger partial charge < -0.3 is 4.74 Å². The maximum Gasteiger partial charge on any atom is 0.416 e. The highest BCUT2D eigenvalue weighted by Gasteiger charge is 2.34. The van der Waals surface area contributed by atoms with Crippen molar-refractivity contribution in [2.45, 2.75) is 26.1 Å². The number of Topliss-reactive ketones (excluding diaryl/α,β-unsaturated/α-hetero) is 1. The minimum atomic E-state index is -4.55. The number of benzene rings is 3. The van der Waals surface area contributed by atoms with Gasteiger partial charge in [-0.3, -0.25) is 9.48 Å². The van der Waals surface area contributed by atoms with E-state index in [-0.39, 0.29) is 30.1 Å². The number of ether oxygens (including phenoxy) is 1. The second kappa shape index (κ2) is 9.32. The van der Waals surface area contributed by atoms with Gasteiger partial charge in [-0.1, -0.05) is 48.5 Å². The zero-order chi connectivity index (χ0) is 23.4. The summed E-state index contributed by atoms with van der Waals surface area (Å²) in [5.41, 5.74) is 1.25. The number of nitrogens with zero attached hydrogens (tertiary/aromatic N) is 2. The molecule has 0 saturated carbocycles. The number of halogens is 3. The molecule has 0 amide bonds. The van der Waals surface area contributed by atoms with E-state index in [0.29, 0.717) is 17.0 Å². The molecule has 3 aromatic carbocycles. The van der Waals surface area contributed by atoms with Gasteiger partial charge in [-0.25, -0.2) is 0 Å². The van der Waals surface area contributed by atoms with Crippen molar-refractivity contribution < 1.29 is 22.7 Å². The predicted octanol–water partition coefficient (Wildman–Crippen LogP) is 6.48. The summed E-state index contributed by atoms with van der Waals surface area (Å²) in [5, 5.41) is 4.31. The largest absolute Gasteiger partial charge is 0.457 e. The average Bonchev–Trinajstić information content (AvgIpc) is 3.21. The maximum absolute atomic E-state index is 13.7. The number of aryl methyl sites for hydroxylation is 1. The molecule has 0 fully saturated rings. The summed E-state index contributed by atoms with van der Waals surface area (Å²) in [6.45, 7) is 1.77. The fourth-order valence-corrected chi connectivity index (χ4v) is 3.55. The second-order valence-corrected chi connectivity index (χ2v) is 7.65. The summed E-state index contributed by atoms with van der Waals surface area (Å²) in [6, 6.07) is 21.4. The molecule has 7 heteroatoms. The van der Waals surface area contributed by atoms with Gasteiger partial charge >= 0.3 is 6.18 Å². The highest BCUT2D eigenvalue weighted by Crippen LogP contribution is 2.36. The molecule has 0 aliphatic carbocycles. The number of hydrogen-bond donors (Lipinski definition) is 0. The standard InChI is InChI=1S/C26H21F3N2O2/c1-18-7-5-6-10-23(18)25(32)15-20-13-14-31(30-20)17-19-11-12-22(16-24(19)26(27,28)29)33-21-8-3-2-4-9-21/h2-14,16H,15,17H2,1H3. The fourth-order valence-electron chi connectivity index (χ4n) is 3.55. The third-order valence-corrected chi connectivity index (χ3v) is 5.18. The Hall–Kier alpha value is -3.87. The van der Waals surface area contributed by atoms with Gasteiger partial charge in [-0.05, 0) is 48.4 Å². The number of ketones is 1. The summed E-state index contributed by atoms with van der Waals surface area (Å²) >= 11 is 0. The summed E-state index contributed by atoms with van der Waals surface area (Å²) in [7, 11) is 0. The van der Waals surface area contributed by atoms with Gasteiger partial charge in [0.1, 0.15) is 11.5 Å². The molecular weight excluding hydrogens is 429 g/mol. The van der Waals surface area contributed by atoms with Crippen molar-refractivity contribution in [2.75, 3.05) is 0 Å². The van der Waals surface area contributed by atoms with Crippen LogP contribution in [-0.4, -0.2) is 15.6 Å². The van der Waals surface area contributed by atoms with Gasteiger partial charge in [0.25, 0.3) is 0 Å². The molecule has 0 N–H and O–H groups in total. The van der Waals surface area contributed by atoms with Crippen LogP contribution >= 0.6 is 0 Å². The van der Waals surface area contributed by atoms with E-state index in [4.69, 9.17) is 4.74 Å². The van der Waals surface area contributed by atoms with Crippen LogP contribution in [-0.2, 0) is 19.1 Å². The van der Waals surface area contributed by atoms with Gasteiger partial charge in [0.2, 0.25) is 0 Å². The van der Waals surface area contributed by atoms with Crippen molar-refractivity contribution in [2.24, 2.45) is 0 Å². The Morgan fingerprint density at radius 2 is 1.67 bits per heavy atom. The van der Waals surface area contributed by atoms with Gasteiger partial charge in [-0.15, -0.1) is 0 Å². The third-order valence-electron chi connectivity index (χ3n) is 5.18. The summed E-state index contributed by atoms with van der Waals surface area (Å²) < 4.78 is 48.2. The molecule has 168 valence electrons. The quantitative estimate of drug-likeness (QED) is 0.303. The average molecular weight is 450 g/mol. The van der Waals surface area contributed by atoms with E-state index < -0.39 is 11.7 Å². The topological polar surface area (TPSA) is 44.1 Å². The second-order valence-electron chi connectivity index (χ2n) is 7.65. The predicted molar refractivity (Wildman–Crippen MR) is 119 cm³/mol. The van der Waals surface area contributed by atoms with Crippen molar-refractivity contribution in [1.29, 1.82) is 0 Å². The third kappa shape index (κ3) is 5.49. The Bertz CT molecular complexity index is 1260. The Kier molecular flexibility index (Phi) is 6.31. The highest BCUT2D eigenvalue weighted by molar-refractivity contribution is 5.98. The van der Waals surface area contributed by atoms with Gasteiger partial charge in [-0.2, -0.15) is 18.3 Å². The van der Waals surface area contributed by atoms with E-state index in [1.807, 2.05) is 19.1 Å². The van der Waals surface area contributed by atoms with Crippen molar-refractivity contribution in [3.63, 3.8) is 0 Å². The fraction of sp³-hybridized carbons (Fsp3) is 0.154. The lowest BCUT2D eigenvalue weighted by Crippen LogP contribution is -2.13. The van der Waals surface area contributed by atoms with Crippen molar-refractivity contribution in [1.82, 2.24) is 9.78 Å². The minimum Gasteiger partial charge on any atom is -0.457 e. The molecule has 0 radical (unpaired) electrons. The lowest BCUT2D eigenvalue weighted by Gasteiger charge is -2.15. The first-order chi connectivity index (χ1) is 15.8. The zero-order valence-electron chi connectivity index (χ0n) is 17.8. The first-order valence-corrected chi connectivity index (χ1v) is 10.3. The Labute approximate surface area is 189 Å². The van der Waals surface area contributed by atoms with Crippen molar-refractivity contribution in [3.8, 4) is 11.5 Å². The van der Waals surface area contributed by atoms with Crippen LogP contribution in [0.4, 0.5) is 13.2 Å². The van der Waals surface area contributed by atoms with E-state index in [1.54, 1.807) is 54.7 Å². The van der Waals surface area contributed by atoms with E-state index in [1.165, 1.54) is 16.8 Å². The smallest absolute Gasteiger partial charge is 0.416 e. The molecule has 1 aromatic heterocycles. The van der Waals surface area contributed by atoms with Crippen LogP contribution < -0.4 is 4.74 Å². The summed E-state index contributed by atoms with van der Waals surface area (Å²) in [4.78, 5) is 12.6. The van der Waals surface area contributed by atoms with Crippen LogP contribution in [0.15, 0.2) is 85.1 Å². The molecular formula is C26H21F3N2O2. The van der Waals surface area contributed by atoms with E-state index in [2.05, 4.69) is 5.10 Å². The van der Waals surface area contributed by atoms with Crippen LogP contribution in [0.3, 0.4) is 0 Å². The Balaban J connectivity index is 1.52. The first-order valence-electron chi connectivity index (χ1n) is 10.3. The number of carbonyl (C=O) groups excluding carboxylic acids is 1. The monoisotopic (exact) mass is 450 g/mol. The van der Waals surface area contributed by atoms with Crippen LogP contribution in [0, 0.1) is 6.92 Å².